The van der Waals surface area contributed by atoms with E-state index >= 15 is 0 Å². The van der Waals surface area contributed by atoms with Crippen molar-refractivity contribution < 1.29 is 18.7 Å². The molecule has 1 N–H and O–H groups in total. The highest BCUT2D eigenvalue weighted by molar-refractivity contribution is 14.1. The van der Waals surface area contributed by atoms with Crippen molar-refractivity contribution in [2.24, 2.45) is 5.92 Å². The molecule has 1 heterocycles. The second kappa shape index (κ2) is 4.86. The lowest BCUT2D eigenvalue weighted by Gasteiger charge is -2.05. The third-order valence-electron chi connectivity index (χ3n) is 1.83. The van der Waals surface area contributed by atoms with E-state index in [4.69, 9.17) is 5.11 Å². The molecule has 0 aliphatic heterocycles. The van der Waals surface area contributed by atoms with Crippen molar-refractivity contribution >= 4 is 28.6 Å². The number of rotatable bonds is 4. The molecule has 15 heavy (non-hydrogen) atoms. The number of alkyl halides is 2. The van der Waals surface area contributed by atoms with Gasteiger partial charge in [-0.25, -0.2) is 8.78 Å². The van der Waals surface area contributed by atoms with Crippen molar-refractivity contribution in [3.05, 3.63) is 15.5 Å². The molecule has 0 fully saturated rings. The summed E-state index contributed by atoms with van der Waals surface area (Å²) in [5.74, 6) is -1.62. The van der Waals surface area contributed by atoms with Crippen LogP contribution in [0.2, 0.25) is 0 Å². The van der Waals surface area contributed by atoms with Crippen molar-refractivity contribution in [3.63, 3.8) is 0 Å². The largest absolute Gasteiger partial charge is 0.481 e. The van der Waals surface area contributed by atoms with Crippen LogP contribution in [0, 0.1) is 9.49 Å². The van der Waals surface area contributed by atoms with E-state index in [-0.39, 0.29) is 12.2 Å². The van der Waals surface area contributed by atoms with Crippen LogP contribution in [0.4, 0.5) is 8.78 Å². The minimum Gasteiger partial charge on any atom is -0.481 e. The molecule has 1 aromatic heterocycles. The SMILES string of the molecule is CC(Cn1cc(I)c(C(F)F)n1)C(=O)O. The van der Waals surface area contributed by atoms with Crippen LogP contribution in [-0.4, -0.2) is 20.9 Å². The zero-order chi connectivity index (χ0) is 11.6. The standard InChI is InChI=1S/C8H9F2IN2O2/c1-4(8(14)15)2-13-3-5(11)6(12-13)7(9)10/h3-4,7H,2H2,1H3,(H,14,15). The van der Waals surface area contributed by atoms with Crippen LogP contribution in [0.25, 0.3) is 0 Å². The second-order valence-electron chi connectivity index (χ2n) is 3.12. The Morgan fingerprint density at radius 3 is 2.73 bits per heavy atom. The van der Waals surface area contributed by atoms with Gasteiger partial charge in [0.2, 0.25) is 0 Å². The van der Waals surface area contributed by atoms with Gasteiger partial charge in [0, 0.05) is 6.20 Å². The number of halogens is 3. The van der Waals surface area contributed by atoms with Gasteiger partial charge >= 0.3 is 5.97 Å². The van der Waals surface area contributed by atoms with E-state index in [2.05, 4.69) is 5.10 Å². The first-order valence-corrected chi connectivity index (χ1v) is 5.23. The third kappa shape index (κ3) is 3.11. The molecule has 0 aromatic carbocycles. The molecule has 84 valence electrons. The summed E-state index contributed by atoms with van der Waals surface area (Å²) in [4.78, 5) is 10.5. The predicted octanol–water partition coefficient (Wildman–Crippen LogP) is 2.15. The van der Waals surface area contributed by atoms with Crippen molar-refractivity contribution in [1.29, 1.82) is 0 Å². The fourth-order valence-corrected chi connectivity index (χ4v) is 1.68. The summed E-state index contributed by atoms with van der Waals surface area (Å²) in [6.45, 7) is 1.59. The molecular weight excluding hydrogens is 321 g/mol. The summed E-state index contributed by atoms with van der Waals surface area (Å²) < 4.78 is 26.3. The highest BCUT2D eigenvalue weighted by Gasteiger charge is 2.18. The topological polar surface area (TPSA) is 55.1 Å². The molecule has 1 atom stereocenters. The number of carboxylic acid groups (broad SMARTS) is 1. The maximum absolute atomic E-state index is 12.3. The molecule has 1 aromatic rings. The Kier molecular flexibility index (Phi) is 4.00. The summed E-state index contributed by atoms with van der Waals surface area (Å²) in [5.41, 5.74) is -0.298. The van der Waals surface area contributed by atoms with Crippen molar-refractivity contribution in [2.45, 2.75) is 19.9 Å². The van der Waals surface area contributed by atoms with Gasteiger partial charge in [-0.15, -0.1) is 0 Å². The summed E-state index contributed by atoms with van der Waals surface area (Å²) in [6, 6.07) is 0. The Bertz CT molecular complexity index is 368. The lowest BCUT2D eigenvalue weighted by atomic mass is 10.2. The van der Waals surface area contributed by atoms with E-state index in [0.29, 0.717) is 3.57 Å². The van der Waals surface area contributed by atoms with Gasteiger partial charge in [-0.1, -0.05) is 6.92 Å². The summed E-state index contributed by atoms with van der Waals surface area (Å²) in [6.07, 6.45) is -1.21. The van der Waals surface area contributed by atoms with Gasteiger partial charge in [0.1, 0.15) is 5.69 Å². The number of hydrogen-bond donors (Lipinski definition) is 1. The molecule has 0 bridgehead atoms. The molecular formula is C8H9F2IN2O2. The van der Waals surface area contributed by atoms with Crippen molar-refractivity contribution in [2.75, 3.05) is 0 Å². The highest BCUT2D eigenvalue weighted by Crippen LogP contribution is 2.22. The molecule has 7 heteroatoms. The third-order valence-corrected chi connectivity index (χ3v) is 2.66. The Hall–Kier alpha value is -0.730. The van der Waals surface area contributed by atoms with Gasteiger partial charge in [0.15, 0.2) is 0 Å². The first-order chi connectivity index (χ1) is 6.91. The first-order valence-electron chi connectivity index (χ1n) is 4.15. The monoisotopic (exact) mass is 330 g/mol. The summed E-state index contributed by atoms with van der Waals surface area (Å²) in [5, 5.41) is 12.3. The van der Waals surface area contributed by atoms with Crippen LogP contribution < -0.4 is 0 Å². The van der Waals surface area contributed by atoms with E-state index in [1.807, 2.05) is 0 Å². The zero-order valence-corrected chi connectivity index (χ0v) is 9.98. The molecule has 0 aliphatic rings. The zero-order valence-electron chi connectivity index (χ0n) is 7.82. The van der Waals surface area contributed by atoms with Gasteiger partial charge in [0.25, 0.3) is 6.43 Å². The van der Waals surface area contributed by atoms with E-state index in [1.54, 1.807) is 22.6 Å². The lowest BCUT2D eigenvalue weighted by molar-refractivity contribution is -0.141. The molecule has 4 nitrogen and oxygen atoms in total. The molecule has 0 saturated heterocycles. The number of nitrogens with zero attached hydrogens (tertiary/aromatic N) is 2. The maximum atomic E-state index is 12.3. The Labute approximate surface area is 98.4 Å². The van der Waals surface area contributed by atoms with Crippen LogP contribution >= 0.6 is 22.6 Å². The van der Waals surface area contributed by atoms with Crippen LogP contribution in [-0.2, 0) is 11.3 Å². The fourth-order valence-electron chi connectivity index (χ4n) is 1.01. The van der Waals surface area contributed by atoms with Crippen LogP contribution in [0.5, 0.6) is 0 Å². The summed E-state index contributed by atoms with van der Waals surface area (Å²) >= 11 is 1.75. The number of carboxylic acids is 1. The van der Waals surface area contributed by atoms with Crippen molar-refractivity contribution in [1.82, 2.24) is 9.78 Å². The van der Waals surface area contributed by atoms with E-state index < -0.39 is 18.3 Å². The number of aromatic nitrogens is 2. The average molecular weight is 330 g/mol. The highest BCUT2D eigenvalue weighted by atomic mass is 127. The fraction of sp³-hybridized carbons (Fsp3) is 0.500. The molecule has 0 saturated carbocycles. The Balaban J connectivity index is 2.79. The minimum absolute atomic E-state index is 0.0953. The van der Waals surface area contributed by atoms with Crippen LogP contribution in [0.1, 0.15) is 19.0 Å². The molecule has 0 spiro atoms. The Morgan fingerprint density at radius 2 is 2.33 bits per heavy atom. The normalized spacial score (nSPS) is 13.1. The lowest BCUT2D eigenvalue weighted by Crippen LogP contribution is -2.17. The quantitative estimate of drug-likeness (QED) is 0.861. The van der Waals surface area contributed by atoms with Crippen LogP contribution in [0.3, 0.4) is 0 Å². The predicted molar refractivity (Wildman–Crippen MR) is 56.7 cm³/mol. The number of carbonyl (C=O) groups is 1. The van der Waals surface area contributed by atoms with Gasteiger partial charge in [-0.05, 0) is 22.6 Å². The molecule has 0 aliphatic carbocycles. The van der Waals surface area contributed by atoms with Crippen molar-refractivity contribution in [3.8, 4) is 0 Å². The van der Waals surface area contributed by atoms with E-state index in [9.17, 15) is 13.6 Å². The van der Waals surface area contributed by atoms with Crippen LogP contribution in [0.15, 0.2) is 6.20 Å². The summed E-state index contributed by atoms with van der Waals surface area (Å²) in [7, 11) is 0. The smallest absolute Gasteiger partial charge is 0.308 e. The maximum Gasteiger partial charge on any atom is 0.308 e. The van der Waals surface area contributed by atoms with Gasteiger partial charge in [-0.2, -0.15) is 5.10 Å². The molecule has 0 amide bonds. The number of aliphatic carboxylic acids is 1. The second-order valence-corrected chi connectivity index (χ2v) is 4.29. The van der Waals surface area contributed by atoms with Gasteiger partial charge in [-0.3, -0.25) is 9.48 Å². The average Bonchev–Trinajstić information content (AvgIpc) is 2.46. The Morgan fingerprint density at radius 1 is 1.73 bits per heavy atom. The number of hydrogen-bond acceptors (Lipinski definition) is 2. The first kappa shape index (κ1) is 12.3. The van der Waals surface area contributed by atoms with Gasteiger partial charge < -0.3 is 5.11 Å². The van der Waals surface area contributed by atoms with E-state index in [0.717, 1.165) is 0 Å². The molecule has 1 rings (SSSR count). The minimum atomic E-state index is -2.63. The molecule has 0 radical (unpaired) electrons. The molecule has 1 unspecified atom stereocenters. The van der Waals surface area contributed by atoms with Gasteiger partial charge in [0.05, 0.1) is 16.0 Å². The van der Waals surface area contributed by atoms with E-state index in [1.165, 1.54) is 17.8 Å².